The van der Waals surface area contributed by atoms with Gasteiger partial charge in [-0.2, -0.15) is 5.10 Å². The molecule has 37 heavy (non-hydrogen) atoms. The molecule has 0 saturated heterocycles. The molecule has 1 amide bonds. The number of nitrogens with one attached hydrogen (secondary N) is 2. The van der Waals surface area contributed by atoms with Crippen molar-refractivity contribution in [1.29, 1.82) is 0 Å². The van der Waals surface area contributed by atoms with Crippen LogP contribution in [0.1, 0.15) is 16.2 Å². The maximum atomic E-state index is 13.2. The quantitative estimate of drug-likeness (QED) is 0.313. The van der Waals surface area contributed by atoms with Gasteiger partial charge in [0.15, 0.2) is 0 Å². The van der Waals surface area contributed by atoms with Crippen molar-refractivity contribution in [2.24, 2.45) is 0 Å². The molecule has 2 heterocycles. The number of amides is 1. The number of pyridine rings is 1. The molecule has 9 nitrogen and oxygen atoms in total. The van der Waals surface area contributed by atoms with Crippen molar-refractivity contribution in [2.45, 2.75) is 11.8 Å². The first-order chi connectivity index (χ1) is 17.8. The Labute approximate surface area is 214 Å². The number of hydrogen-bond donors (Lipinski definition) is 3. The van der Waals surface area contributed by atoms with Crippen LogP contribution in [0.5, 0.6) is 0 Å². The molecule has 2 aromatic heterocycles. The van der Waals surface area contributed by atoms with Gasteiger partial charge in [0.25, 0.3) is 5.91 Å². The fourth-order valence-electron chi connectivity index (χ4n) is 4.15. The molecule has 0 unspecified atom stereocenters. The van der Waals surface area contributed by atoms with Crippen LogP contribution < -0.4 is 15.8 Å². The van der Waals surface area contributed by atoms with Gasteiger partial charge in [0.05, 0.1) is 16.3 Å². The van der Waals surface area contributed by atoms with Gasteiger partial charge in [-0.15, -0.1) is 0 Å². The second kappa shape index (κ2) is 9.49. The minimum absolute atomic E-state index is 0.180. The van der Waals surface area contributed by atoms with Gasteiger partial charge in [0.1, 0.15) is 11.5 Å². The Morgan fingerprint density at radius 1 is 0.973 bits per heavy atom. The van der Waals surface area contributed by atoms with Gasteiger partial charge >= 0.3 is 0 Å². The van der Waals surface area contributed by atoms with Crippen molar-refractivity contribution >= 4 is 38.2 Å². The Bertz CT molecular complexity index is 1740. The molecular formula is C27H24N6O3S. The summed E-state index contributed by atoms with van der Waals surface area (Å²) in [6.07, 6.45) is 1.65. The molecule has 0 aliphatic heterocycles. The minimum atomic E-state index is -3.63. The highest BCUT2D eigenvalue weighted by Gasteiger charge is 2.19. The van der Waals surface area contributed by atoms with Crippen LogP contribution in [0.3, 0.4) is 0 Å². The zero-order valence-electron chi connectivity index (χ0n) is 20.1. The van der Waals surface area contributed by atoms with E-state index in [0.29, 0.717) is 39.7 Å². The number of anilines is 2. The number of carbonyl (C=O) groups excluding carboxylic acids is 1. The van der Waals surface area contributed by atoms with E-state index in [4.69, 9.17) is 5.73 Å². The van der Waals surface area contributed by atoms with Crippen LogP contribution in [-0.4, -0.2) is 36.1 Å². The standard InChI is InChI=1S/C27H24N6O3S/c1-17-15-24(33(32-17)21-12-9-19-13-14-30-26(28)23(19)16-21)27(34)31-20-10-7-18(8-11-20)22-5-3-4-6-25(22)37(35,36)29-2/h3-16,29H,1-2H3,(H2,28,30)(H,31,34). The van der Waals surface area contributed by atoms with Gasteiger partial charge in [0, 0.05) is 22.8 Å². The van der Waals surface area contributed by atoms with Gasteiger partial charge in [0.2, 0.25) is 10.0 Å². The second-order valence-corrected chi connectivity index (χ2v) is 10.3. The molecule has 10 heteroatoms. The van der Waals surface area contributed by atoms with E-state index in [-0.39, 0.29) is 10.8 Å². The molecule has 186 valence electrons. The third-order valence-electron chi connectivity index (χ3n) is 5.99. The van der Waals surface area contributed by atoms with Crippen LogP contribution in [0.25, 0.3) is 27.6 Å². The van der Waals surface area contributed by atoms with Crippen molar-refractivity contribution in [2.75, 3.05) is 18.1 Å². The van der Waals surface area contributed by atoms with E-state index in [1.165, 1.54) is 7.05 Å². The molecule has 3 aromatic carbocycles. The predicted octanol–water partition coefficient (Wildman–Crippen LogP) is 4.14. The molecule has 0 saturated carbocycles. The second-order valence-electron chi connectivity index (χ2n) is 8.42. The Kier molecular flexibility index (Phi) is 6.20. The number of fused-ring (bicyclic) bond motifs is 1. The molecule has 0 atom stereocenters. The average Bonchev–Trinajstić information content (AvgIpc) is 3.31. The minimum Gasteiger partial charge on any atom is -0.383 e. The van der Waals surface area contributed by atoms with Crippen LogP contribution in [0.4, 0.5) is 11.5 Å². The summed E-state index contributed by atoms with van der Waals surface area (Å²) in [7, 11) is -2.25. The van der Waals surface area contributed by atoms with E-state index in [1.807, 2.05) is 31.2 Å². The maximum absolute atomic E-state index is 13.2. The third kappa shape index (κ3) is 4.67. The number of nitrogen functional groups attached to an aromatic ring is 1. The number of nitrogens with zero attached hydrogens (tertiary/aromatic N) is 3. The van der Waals surface area contributed by atoms with Gasteiger partial charge in [-0.1, -0.05) is 36.4 Å². The molecule has 5 rings (SSSR count). The first-order valence-electron chi connectivity index (χ1n) is 11.4. The van der Waals surface area contributed by atoms with Crippen molar-refractivity contribution in [3.8, 4) is 16.8 Å². The summed E-state index contributed by atoms with van der Waals surface area (Å²) in [6, 6.07) is 22.9. The Balaban J connectivity index is 1.43. The molecule has 0 spiro atoms. The maximum Gasteiger partial charge on any atom is 0.274 e. The Morgan fingerprint density at radius 2 is 1.73 bits per heavy atom. The zero-order valence-corrected chi connectivity index (χ0v) is 21.0. The van der Waals surface area contributed by atoms with Crippen LogP contribution in [0.15, 0.2) is 90.0 Å². The topological polar surface area (TPSA) is 132 Å². The van der Waals surface area contributed by atoms with Crippen LogP contribution in [-0.2, 0) is 10.0 Å². The Hall–Kier alpha value is -4.54. The number of sulfonamides is 1. The molecule has 0 fully saturated rings. The number of benzene rings is 3. The van der Waals surface area contributed by atoms with Crippen molar-refractivity contribution < 1.29 is 13.2 Å². The summed E-state index contributed by atoms with van der Waals surface area (Å²) in [5, 5.41) is 9.12. The molecule has 0 aliphatic rings. The summed E-state index contributed by atoms with van der Waals surface area (Å²) in [5.41, 5.74) is 9.59. The molecule has 0 aliphatic carbocycles. The van der Waals surface area contributed by atoms with Crippen molar-refractivity contribution in [3.63, 3.8) is 0 Å². The van der Waals surface area contributed by atoms with Crippen LogP contribution >= 0.6 is 0 Å². The van der Waals surface area contributed by atoms with E-state index in [1.54, 1.807) is 65.5 Å². The van der Waals surface area contributed by atoms with Gasteiger partial charge < -0.3 is 11.1 Å². The molecular weight excluding hydrogens is 488 g/mol. The lowest BCUT2D eigenvalue weighted by atomic mass is 10.1. The lowest BCUT2D eigenvalue weighted by Gasteiger charge is -2.12. The highest BCUT2D eigenvalue weighted by atomic mass is 32.2. The predicted molar refractivity (Wildman–Crippen MR) is 144 cm³/mol. The first kappa shape index (κ1) is 24.2. The van der Waals surface area contributed by atoms with E-state index in [2.05, 4.69) is 20.1 Å². The number of hydrogen-bond acceptors (Lipinski definition) is 6. The lowest BCUT2D eigenvalue weighted by Crippen LogP contribution is -2.19. The number of carbonyl (C=O) groups is 1. The average molecular weight is 513 g/mol. The summed E-state index contributed by atoms with van der Waals surface area (Å²) in [5.74, 6) is 0.0594. The zero-order chi connectivity index (χ0) is 26.2. The summed E-state index contributed by atoms with van der Waals surface area (Å²) in [6.45, 7) is 1.82. The lowest BCUT2D eigenvalue weighted by molar-refractivity contribution is 0.101. The third-order valence-corrected chi connectivity index (χ3v) is 7.46. The largest absolute Gasteiger partial charge is 0.383 e. The van der Waals surface area contributed by atoms with E-state index in [0.717, 1.165) is 10.8 Å². The van der Waals surface area contributed by atoms with Gasteiger partial charge in [-0.25, -0.2) is 22.8 Å². The van der Waals surface area contributed by atoms with Gasteiger partial charge in [-0.05, 0) is 67.4 Å². The van der Waals surface area contributed by atoms with Gasteiger partial charge in [-0.3, -0.25) is 4.79 Å². The first-order valence-corrected chi connectivity index (χ1v) is 12.9. The number of rotatable bonds is 6. The Morgan fingerprint density at radius 3 is 2.49 bits per heavy atom. The van der Waals surface area contributed by atoms with Crippen molar-refractivity contribution in [3.05, 3.63) is 96.4 Å². The fraction of sp³-hybridized carbons (Fsp3) is 0.0741. The van der Waals surface area contributed by atoms with E-state index in [9.17, 15) is 13.2 Å². The molecule has 4 N–H and O–H groups in total. The molecule has 0 radical (unpaired) electrons. The van der Waals surface area contributed by atoms with Crippen LogP contribution in [0.2, 0.25) is 0 Å². The SMILES string of the molecule is CNS(=O)(=O)c1ccccc1-c1ccc(NC(=O)c2cc(C)nn2-c2ccc3ccnc(N)c3c2)cc1. The monoisotopic (exact) mass is 512 g/mol. The summed E-state index contributed by atoms with van der Waals surface area (Å²) >= 11 is 0. The normalized spacial score (nSPS) is 11.5. The van der Waals surface area contributed by atoms with Crippen LogP contribution in [0, 0.1) is 6.92 Å². The number of nitrogens with two attached hydrogens (primary N) is 1. The molecule has 0 bridgehead atoms. The summed E-state index contributed by atoms with van der Waals surface area (Å²) in [4.78, 5) is 17.6. The molecule has 5 aromatic rings. The highest BCUT2D eigenvalue weighted by Crippen LogP contribution is 2.28. The smallest absolute Gasteiger partial charge is 0.274 e. The number of aryl methyl sites for hydroxylation is 1. The van der Waals surface area contributed by atoms with E-state index >= 15 is 0 Å². The fourth-order valence-corrected chi connectivity index (χ4v) is 5.10. The number of aromatic nitrogens is 3. The highest BCUT2D eigenvalue weighted by molar-refractivity contribution is 7.89. The van der Waals surface area contributed by atoms with E-state index < -0.39 is 10.0 Å². The summed E-state index contributed by atoms with van der Waals surface area (Å²) < 4.78 is 28.8. The van der Waals surface area contributed by atoms with Crippen molar-refractivity contribution in [1.82, 2.24) is 19.5 Å².